The van der Waals surface area contributed by atoms with Crippen molar-refractivity contribution in [2.75, 3.05) is 32.7 Å². The Labute approximate surface area is 125 Å². The van der Waals surface area contributed by atoms with E-state index in [1.807, 2.05) is 25.7 Å². The summed E-state index contributed by atoms with van der Waals surface area (Å²) in [5, 5.41) is 0. The summed E-state index contributed by atoms with van der Waals surface area (Å²) in [4.78, 5) is 15.5. The molecule has 0 aliphatic carbocycles. The maximum atomic E-state index is 13.2. The van der Waals surface area contributed by atoms with Gasteiger partial charge < -0.3 is 9.64 Å². The van der Waals surface area contributed by atoms with Crippen LogP contribution in [0.15, 0.2) is 0 Å². The zero-order chi connectivity index (χ0) is 15.7. The molecule has 6 heteroatoms. The minimum atomic E-state index is -2.52. The molecule has 1 amide bonds. The second-order valence-electron chi connectivity index (χ2n) is 7.25. The van der Waals surface area contributed by atoms with Crippen LogP contribution in [-0.2, 0) is 4.74 Å². The Kier molecular flexibility index (Phi) is 4.76. The summed E-state index contributed by atoms with van der Waals surface area (Å²) in [6.45, 7) is 7.96. The number of amides is 1. The summed E-state index contributed by atoms with van der Waals surface area (Å²) in [7, 11) is 0. The molecule has 0 radical (unpaired) electrons. The fourth-order valence-electron chi connectivity index (χ4n) is 2.95. The van der Waals surface area contributed by atoms with Gasteiger partial charge in [0.25, 0.3) is 5.92 Å². The average molecular weight is 304 g/mol. The van der Waals surface area contributed by atoms with Crippen molar-refractivity contribution in [1.82, 2.24) is 9.80 Å². The monoisotopic (exact) mass is 304 g/mol. The fourth-order valence-corrected chi connectivity index (χ4v) is 2.95. The van der Waals surface area contributed by atoms with E-state index in [2.05, 4.69) is 0 Å². The molecule has 0 atom stereocenters. The molecule has 2 saturated heterocycles. The number of piperidine rings is 1. The first kappa shape index (κ1) is 16.5. The fraction of sp³-hybridized carbons (Fsp3) is 0.933. The van der Waals surface area contributed by atoms with Crippen molar-refractivity contribution in [2.45, 2.75) is 51.6 Å². The van der Waals surface area contributed by atoms with Crippen molar-refractivity contribution in [2.24, 2.45) is 5.92 Å². The molecule has 2 fully saturated rings. The number of alkyl halides is 2. The Hall–Kier alpha value is -0.910. The van der Waals surface area contributed by atoms with Crippen molar-refractivity contribution in [3.63, 3.8) is 0 Å². The summed E-state index contributed by atoms with van der Waals surface area (Å²) in [5.74, 6) is -2.12. The molecule has 122 valence electrons. The first-order valence-corrected chi connectivity index (χ1v) is 7.73. The van der Waals surface area contributed by atoms with Gasteiger partial charge in [-0.3, -0.25) is 4.90 Å². The highest BCUT2D eigenvalue weighted by molar-refractivity contribution is 5.68. The van der Waals surface area contributed by atoms with E-state index in [1.54, 1.807) is 4.90 Å². The molecule has 2 aliphatic heterocycles. The van der Waals surface area contributed by atoms with Crippen LogP contribution in [0, 0.1) is 5.92 Å². The van der Waals surface area contributed by atoms with Gasteiger partial charge in [-0.2, -0.15) is 0 Å². The second kappa shape index (κ2) is 6.07. The zero-order valence-electron chi connectivity index (χ0n) is 13.2. The summed E-state index contributed by atoms with van der Waals surface area (Å²) < 4.78 is 31.7. The van der Waals surface area contributed by atoms with Crippen molar-refractivity contribution in [3.05, 3.63) is 0 Å². The second-order valence-corrected chi connectivity index (χ2v) is 7.25. The molecule has 0 aromatic carbocycles. The molecule has 2 heterocycles. The van der Waals surface area contributed by atoms with Gasteiger partial charge in [0.05, 0.1) is 6.54 Å². The first-order valence-electron chi connectivity index (χ1n) is 7.73. The lowest BCUT2D eigenvalue weighted by molar-refractivity contribution is 0.00751. The Bertz CT molecular complexity index is 374. The van der Waals surface area contributed by atoms with Crippen LogP contribution in [0.4, 0.5) is 13.6 Å². The highest BCUT2D eigenvalue weighted by atomic mass is 19.3. The number of carbonyl (C=O) groups is 1. The maximum Gasteiger partial charge on any atom is 0.410 e. The molecule has 0 aromatic rings. The Morgan fingerprint density at radius 3 is 2.33 bits per heavy atom. The molecule has 0 unspecified atom stereocenters. The Morgan fingerprint density at radius 2 is 1.86 bits per heavy atom. The van der Waals surface area contributed by atoms with Crippen LogP contribution in [0.25, 0.3) is 0 Å². The summed E-state index contributed by atoms with van der Waals surface area (Å²) in [6, 6.07) is 0. The van der Waals surface area contributed by atoms with Gasteiger partial charge in [-0.25, -0.2) is 13.6 Å². The Balaban J connectivity index is 1.72. The van der Waals surface area contributed by atoms with E-state index in [0.717, 1.165) is 19.4 Å². The van der Waals surface area contributed by atoms with Crippen LogP contribution in [-0.4, -0.2) is 60.1 Å². The quantitative estimate of drug-likeness (QED) is 0.786. The number of hydrogen-bond donors (Lipinski definition) is 0. The molecule has 2 aliphatic rings. The number of nitrogens with zero attached hydrogens (tertiary/aromatic N) is 2. The van der Waals surface area contributed by atoms with Gasteiger partial charge in [-0.1, -0.05) is 0 Å². The summed E-state index contributed by atoms with van der Waals surface area (Å²) in [6.07, 6.45) is 1.43. The van der Waals surface area contributed by atoms with Crippen LogP contribution in [0.3, 0.4) is 0 Å². The van der Waals surface area contributed by atoms with E-state index in [1.165, 1.54) is 0 Å². The smallest absolute Gasteiger partial charge is 0.410 e. The standard InChI is InChI=1S/C15H26F2N2O2/c1-14(2,3)21-13(20)19-7-4-12(5-8-19)10-18-9-6-15(16,17)11-18/h12H,4-11H2,1-3H3. The summed E-state index contributed by atoms with van der Waals surface area (Å²) >= 11 is 0. The van der Waals surface area contributed by atoms with Gasteiger partial charge in [0.15, 0.2) is 0 Å². The third-order valence-corrected chi connectivity index (χ3v) is 4.03. The molecule has 4 nitrogen and oxygen atoms in total. The zero-order valence-corrected chi connectivity index (χ0v) is 13.2. The third-order valence-electron chi connectivity index (χ3n) is 4.03. The van der Waals surface area contributed by atoms with Crippen molar-refractivity contribution < 1.29 is 18.3 Å². The molecule has 21 heavy (non-hydrogen) atoms. The van der Waals surface area contributed by atoms with E-state index in [4.69, 9.17) is 4.74 Å². The maximum absolute atomic E-state index is 13.2. The molecular weight excluding hydrogens is 278 g/mol. The number of rotatable bonds is 2. The lowest BCUT2D eigenvalue weighted by atomic mass is 9.96. The Morgan fingerprint density at radius 1 is 1.24 bits per heavy atom. The van der Waals surface area contributed by atoms with Crippen LogP contribution >= 0.6 is 0 Å². The molecule has 0 spiro atoms. The molecule has 0 aromatic heterocycles. The van der Waals surface area contributed by atoms with E-state index >= 15 is 0 Å². The van der Waals surface area contributed by atoms with E-state index < -0.39 is 11.5 Å². The van der Waals surface area contributed by atoms with Crippen LogP contribution in [0.1, 0.15) is 40.0 Å². The van der Waals surface area contributed by atoms with E-state index in [9.17, 15) is 13.6 Å². The minimum absolute atomic E-state index is 0.0241. The SMILES string of the molecule is CC(C)(C)OC(=O)N1CCC(CN2CCC(F)(F)C2)CC1. The number of likely N-dealkylation sites (tertiary alicyclic amines) is 2. The average Bonchev–Trinajstić information content (AvgIpc) is 2.67. The minimum Gasteiger partial charge on any atom is -0.444 e. The first-order chi connectivity index (χ1) is 9.65. The van der Waals surface area contributed by atoms with Gasteiger partial charge >= 0.3 is 6.09 Å². The molecule has 0 N–H and O–H groups in total. The predicted octanol–water partition coefficient (Wildman–Crippen LogP) is 2.97. The topological polar surface area (TPSA) is 32.8 Å². The normalized spacial score (nSPS) is 24.3. The van der Waals surface area contributed by atoms with Gasteiger partial charge in [0.1, 0.15) is 5.60 Å². The van der Waals surface area contributed by atoms with E-state index in [0.29, 0.717) is 25.6 Å². The van der Waals surface area contributed by atoms with Gasteiger partial charge in [0.2, 0.25) is 0 Å². The highest BCUT2D eigenvalue weighted by Crippen LogP contribution is 2.29. The lowest BCUT2D eigenvalue weighted by Crippen LogP contribution is -2.43. The third kappa shape index (κ3) is 5.09. The van der Waals surface area contributed by atoms with Crippen molar-refractivity contribution >= 4 is 6.09 Å². The lowest BCUT2D eigenvalue weighted by Gasteiger charge is -2.34. The number of carbonyl (C=O) groups excluding carboxylic acids is 1. The number of hydrogen-bond acceptors (Lipinski definition) is 3. The van der Waals surface area contributed by atoms with Gasteiger partial charge in [-0.05, 0) is 39.5 Å². The van der Waals surface area contributed by atoms with Crippen LogP contribution < -0.4 is 0 Å². The number of ether oxygens (including phenoxy) is 1. The number of halogens is 2. The molecule has 0 bridgehead atoms. The van der Waals surface area contributed by atoms with Gasteiger partial charge in [-0.15, -0.1) is 0 Å². The van der Waals surface area contributed by atoms with Gasteiger partial charge in [0, 0.05) is 32.6 Å². The molecular formula is C15H26F2N2O2. The highest BCUT2D eigenvalue weighted by Gasteiger charge is 2.39. The van der Waals surface area contributed by atoms with Crippen LogP contribution in [0.5, 0.6) is 0 Å². The van der Waals surface area contributed by atoms with Crippen molar-refractivity contribution in [3.8, 4) is 0 Å². The van der Waals surface area contributed by atoms with Crippen molar-refractivity contribution in [1.29, 1.82) is 0 Å². The summed E-state index contributed by atoms with van der Waals surface area (Å²) in [5.41, 5.74) is -0.477. The molecule has 0 saturated carbocycles. The predicted molar refractivity (Wildman–Crippen MR) is 76.5 cm³/mol. The largest absolute Gasteiger partial charge is 0.444 e. The van der Waals surface area contributed by atoms with Crippen LogP contribution in [0.2, 0.25) is 0 Å². The van der Waals surface area contributed by atoms with E-state index in [-0.39, 0.29) is 19.1 Å². The molecule has 2 rings (SSSR count).